The first-order valence-electron chi connectivity index (χ1n) is 8.69. The SMILES string of the molecule is CCOC(=O)c1cc(-c2ccccc2)c(C(C)=O)cc1-c1ccccc1Cl. The average Bonchev–Trinajstić information content (AvgIpc) is 2.68. The minimum atomic E-state index is -0.445. The number of benzene rings is 3. The summed E-state index contributed by atoms with van der Waals surface area (Å²) in [5.41, 5.74) is 3.74. The molecule has 3 rings (SSSR count). The van der Waals surface area contributed by atoms with Crippen molar-refractivity contribution in [1.29, 1.82) is 0 Å². The lowest BCUT2D eigenvalue weighted by Gasteiger charge is -2.16. The molecule has 0 fully saturated rings. The van der Waals surface area contributed by atoms with Crippen molar-refractivity contribution in [2.45, 2.75) is 13.8 Å². The molecule has 136 valence electrons. The smallest absolute Gasteiger partial charge is 0.338 e. The van der Waals surface area contributed by atoms with Gasteiger partial charge in [-0.1, -0.05) is 60.1 Å². The summed E-state index contributed by atoms with van der Waals surface area (Å²) >= 11 is 6.36. The van der Waals surface area contributed by atoms with Crippen molar-refractivity contribution < 1.29 is 14.3 Å². The molecular weight excluding hydrogens is 360 g/mol. The molecule has 0 radical (unpaired) electrons. The molecule has 27 heavy (non-hydrogen) atoms. The quantitative estimate of drug-likeness (QED) is 0.400. The number of ketones is 1. The third kappa shape index (κ3) is 3.93. The fourth-order valence-corrected chi connectivity index (χ4v) is 3.27. The van der Waals surface area contributed by atoms with Gasteiger partial charge in [-0.3, -0.25) is 4.79 Å². The summed E-state index contributed by atoms with van der Waals surface area (Å²) < 4.78 is 5.25. The third-order valence-electron chi connectivity index (χ3n) is 4.28. The van der Waals surface area contributed by atoms with Gasteiger partial charge >= 0.3 is 5.97 Å². The fourth-order valence-electron chi connectivity index (χ4n) is 3.03. The van der Waals surface area contributed by atoms with Gasteiger partial charge in [0, 0.05) is 16.1 Å². The van der Waals surface area contributed by atoms with E-state index in [1.165, 1.54) is 6.92 Å². The highest BCUT2D eigenvalue weighted by Crippen LogP contribution is 2.36. The Hall–Kier alpha value is -2.91. The number of esters is 1. The van der Waals surface area contributed by atoms with E-state index in [-0.39, 0.29) is 12.4 Å². The number of hydrogen-bond acceptors (Lipinski definition) is 3. The minimum Gasteiger partial charge on any atom is -0.462 e. The van der Waals surface area contributed by atoms with Crippen LogP contribution in [0.2, 0.25) is 5.02 Å². The van der Waals surface area contributed by atoms with Crippen molar-refractivity contribution in [3.8, 4) is 22.3 Å². The lowest BCUT2D eigenvalue weighted by atomic mass is 9.89. The van der Waals surface area contributed by atoms with E-state index in [4.69, 9.17) is 16.3 Å². The maximum Gasteiger partial charge on any atom is 0.338 e. The monoisotopic (exact) mass is 378 g/mol. The Morgan fingerprint density at radius 3 is 2.11 bits per heavy atom. The Morgan fingerprint density at radius 2 is 1.48 bits per heavy atom. The maximum atomic E-state index is 12.7. The normalized spacial score (nSPS) is 10.5. The first-order valence-corrected chi connectivity index (χ1v) is 9.07. The van der Waals surface area contributed by atoms with Crippen LogP contribution in [0.3, 0.4) is 0 Å². The second kappa shape index (κ2) is 8.19. The topological polar surface area (TPSA) is 43.4 Å². The van der Waals surface area contributed by atoms with E-state index in [2.05, 4.69) is 0 Å². The zero-order valence-electron chi connectivity index (χ0n) is 15.2. The van der Waals surface area contributed by atoms with Gasteiger partial charge in [0.15, 0.2) is 5.78 Å². The van der Waals surface area contributed by atoms with Crippen LogP contribution in [0.4, 0.5) is 0 Å². The molecule has 3 nitrogen and oxygen atoms in total. The highest BCUT2D eigenvalue weighted by Gasteiger charge is 2.21. The van der Waals surface area contributed by atoms with Crippen LogP contribution in [0.25, 0.3) is 22.3 Å². The number of carbonyl (C=O) groups excluding carboxylic acids is 2. The molecule has 0 aromatic heterocycles. The van der Waals surface area contributed by atoms with Crippen LogP contribution in [-0.2, 0) is 4.74 Å². The van der Waals surface area contributed by atoms with Crippen LogP contribution >= 0.6 is 11.6 Å². The van der Waals surface area contributed by atoms with Crippen LogP contribution in [0.5, 0.6) is 0 Å². The molecule has 0 saturated carbocycles. The van der Waals surface area contributed by atoms with Gasteiger partial charge in [-0.25, -0.2) is 4.79 Å². The maximum absolute atomic E-state index is 12.7. The van der Waals surface area contributed by atoms with E-state index in [0.29, 0.717) is 32.8 Å². The Kier molecular flexibility index (Phi) is 5.72. The first kappa shape index (κ1) is 18.9. The van der Waals surface area contributed by atoms with Crippen LogP contribution < -0.4 is 0 Å². The predicted molar refractivity (Wildman–Crippen MR) is 108 cm³/mol. The molecule has 3 aromatic carbocycles. The molecule has 3 aromatic rings. The molecule has 0 aliphatic heterocycles. The second-order valence-corrected chi connectivity index (χ2v) is 6.47. The van der Waals surface area contributed by atoms with E-state index in [1.807, 2.05) is 48.5 Å². The summed E-state index contributed by atoms with van der Waals surface area (Å²) in [5, 5.41) is 0.505. The fraction of sp³-hybridized carbons (Fsp3) is 0.130. The number of carbonyl (C=O) groups is 2. The van der Waals surface area contributed by atoms with Crippen molar-refractivity contribution in [2.75, 3.05) is 6.61 Å². The van der Waals surface area contributed by atoms with Gasteiger partial charge in [-0.15, -0.1) is 0 Å². The van der Waals surface area contributed by atoms with Crippen molar-refractivity contribution in [3.63, 3.8) is 0 Å². The van der Waals surface area contributed by atoms with Gasteiger partial charge in [0.25, 0.3) is 0 Å². The lowest BCUT2D eigenvalue weighted by molar-refractivity contribution is 0.0527. The van der Waals surface area contributed by atoms with Gasteiger partial charge in [0.1, 0.15) is 0 Å². The summed E-state index contributed by atoms with van der Waals surface area (Å²) in [4.78, 5) is 25.0. The molecule has 0 N–H and O–H groups in total. The van der Waals surface area contributed by atoms with Gasteiger partial charge in [0.05, 0.1) is 12.2 Å². The van der Waals surface area contributed by atoms with Crippen LogP contribution in [0.15, 0.2) is 66.7 Å². The molecule has 0 aliphatic carbocycles. The first-order chi connectivity index (χ1) is 13.0. The zero-order valence-corrected chi connectivity index (χ0v) is 15.9. The summed E-state index contributed by atoms with van der Waals surface area (Å²) in [6.07, 6.45) is 0. The van der Waals surface area contributed by atoms with Crippen molar-refractivity contribution in [3.05, 3.63) is 82.9 Å². The van der Waals surface area contributed by atoms with Gasteiger partial charge in [-0.2, -0.15) is 0 Å². The third-order valence-corrected chi connectivity index (χ3v) is 4.61. The Bertz CT molecular complexity index is 994. The molecule has 0 saturated heterocycles. The Morgan fingerprint density at radius 1 is 0.852 bits per heavy atom. The number of hydrogen-bond donors (Lipinski definition) is 0. The summed E-state index contributed by atoms with van der Waals surface area (Å²) in [7, 11) is 0. The number of ether oxygens (including phenoxy) is 1. The van der Waals surface area contributed by atoms with Crippen molar-refractivity contribution >= 4 is 23.4 Å². The molecule has 4 heteroatoms. The molecule has 0 unspecified atom stereocenters. The standard InChI is InChI=1S/C23H19ClO3/c1-3-27-23(26)21-14-19(16-9-5-4-6-10-16)18(15(2)25)13-20(21)17-11-7-8-12-22(17)24/h4-14H,3H2,1-2H3. The number of halogens is 1. The number of Topliss-reactive ketones (excluding diaryl/α,β-unsaturated/α-hetero) is 1. The van der Waals surface area contributed by atoms with E-state index in [1.54, 1.807) is 25.1 Å². The summed E-state index contributed by atoms with van der Waals surface area (Å²) in [6, 6.07) is 20.2. The molecule has 0 aliphatic rings. The average molecular weight is 379 g/mol. The largest absolute Gasteiger partial charge is 0.462 e. The highest BCUT2D eigenvalue weighted by atomic mass is 35.5. The second-order valence-electron chi connectivity index (χ2n) is 6.07. The molecule has 0 amide bonds. The Balaban J connectivity index is 2.33. The zero-order chi connectivity index (χ0) is 19.4. The van der Waals surface area contributed by atoms with Crippen LogP contribution in [0.1, 0.15) is 34.6 Å². The lowest BCUT2D eigenvalue weighted by Crippen LogP contribution is -2.09. The molecular formula is C23H19ClO3. The Labute approximate surface area is 163 Å². The highest BCUT2D eigenvalue weighted by molar-refractivity contribution is 6.33. The van der Waals surface area contributed by atoms with Gasteiger partial charge in [-0.05, 0) is 48.7 Å². The summed E-state index contributed by atoms with van der Waals surface area (Å²) in [6.45, 7) is 3.53. The van der Waals surface area contributed by atoms with Crippen LogP contribution in [-0.4, -0.2) is 18.4 Å². The molecule has 0 heterocycles. The van der Waals surface area contributed by atoms with E-state index in [0.717, 1.165) is 5.56 Å². The van der Waals surface area contributed by atoms with Gasteiger partial charge < -0.3 is 4.74 Å². The molecule has 0 spiro atoms. The summed E-state index contributed by atoms with van der Waals surface area (Å²) in [5.74, 6) is -0.530. The van der Waals surface area contributed by atoms with E-state index < -0.39 is 5.97 Å². The van der Waals surface area contributed by atoms with E-state index >= 15 is 0 Å². The molecule has 0 bridgehead atoms. The van der Waals surface area contributed by atoms with Gasteiger partial charge in [0.2, 0.25) is 0 Å². The van der Waals surface area contributed by atoms with Crippen molar-refractivity contribution in [1.82, 2.24) is 0 Å². The van der Waals surface area contributed by atoms with E-state index in [9.17, 15) is 9.59 Å². The van der Waals surface area contributed by atoms with Crippen LogP contribution in [0, 0.1) is 0 Å². The minimum absolute atomic E-state index is 0.0856. The van der Waals surface area contributed by atoms with Crippen molar-refractivity contribution in [2.24, 2.45) is 0 Å². The molecule has 0 atom stereocenters. The number of rotatable bonds is 5. The predicted octanol–water partition coefficient (Wildman–Crippen LogP) is 6.05.